The molecule has 0 spiro atoms. The summed E-state index contributed by atoms with van der Waals surface area (Å²) >= 11 is 5.98. The van der Waals surface area contributed by atoms with E-state index < -0.39 is 0 Å². The van der Waals surface area contributed by atoms with Crippen LogP contribution in [0.4, 0.5) is 5.82 Å². The van der Waals surface area contributed by atoms with Gasteiger partial charge in [-0.15, -0.1) is 0 Å². The van der Waals surface area contributed by atoms with Gasteiger partial charge >= 0.3 is 0 Å². The first kappa shape index (κ1) is 14.6. The number of morpholine rings is 1. The second-order valence-electron chi connectivity index (χ2n) is 6.23. The van der Waals surface area contributed by atoms with Gasteiger partial charge < -0.3 is 14.7 Å². The van der Waals surface area contributed by atoms with Gasteiger partial charge in [-0.05, 0) is 39.8 Å². The third kappa shape index (κ3) is 3.38. The number of anilines is 1. The van der Waals surface area contributed by atoms with E-state index in [4.69, 9.17) is 16.3 Å². The number of aromatic nitrogens is 1. The molecule has 0 unspecified atom stereocenters. The fourth-order valence-corrected chi connectivity index (χ4v) is 2.87. The number of rotatable bonds is 2. The molecule has 0 aromatic carbocycles. The summed E-state index contributed by atoms with van der Waals surface area (Å²) in [6.07, 6.45) is 0. The molecule has 0 radical (unpaired) electrons. The molecule has 0 aliphatic carbocycles. The molecule has 0 bridgehead atoms. The first-order valence-electron chi connectivity index (χ1n) is 6.44. The maximum atomic E-state index is 9.26. The predicted octanol–water partition coefficient (Wildman–Crippen LogP) is 2.62. The normalized spacial score (nSPS) is 21.5. The Morgan fingerprint density at radius 1 is 1.26 bits per heavy atom. The zero-order valence-electron chi connectivity index (χ0n) is 11.9. The van der Waals surface area contributed by atoms with Crippen LogP contribution in [0.25, 0.3) is 0 Å². The highest BCUT2D eigenvalue weighted by molar-refractivity contribution is 6.31. The van der Waals surface area contributed by atoms with Crippen LogP contribution in [0.1, 0.15) is 33.4 Å². The van der Waals surface area contributed by atoms with E-state index in [9.17, 15) is 5.11 Å². The van der Waals surface area contributed by atoms with E-state index in [0.717, 1.165) is 18.9 Å². The number of hydrogen-bond acceptors (Lipinski definition) is 4. The maximum Gasteiger partial charge on any atom is 0.129 e. The van der Waals surface area contributed by atoms with Crippen molar-refractivity contribution < 1.29 is 9.84 Å². The Morgan fingerprint density at radius 3 is 2.37 bits per heavy atom. The summed E-state index contributed by atoms with van der Waals surface area (Å²) < 4.78 is 6.05. The number of pyridine rings is 1. The van der Waals surface area contributed by atoms with Crippen LogP contribution in [-0.4, -0.2) is 34.4 Å². The van der Waals surface area contributed by atoms with Crippen molar-refractivity contribution in [1.82, 2.24) is 4.98 Å². The Labute approximate surface area is 119 Å². The molecule has 1 aliphatic heterocycles. The molecule has 1 aliphatic rings. The van der Waals surface area contributed by atoms with E-state index in [1.807, 2.05) is 6.07 Å². The highest BCUT2D eigenvalue weighted by Gasteiger charge is 2.38. The van der Waals surface area contributed by atoms with Gasteiger partial charge in [-0.25, -0.2) is 4.98 Å². The van der Waals surface area contributed by atoms with Gasteiger partial charge in [0.1, 0.15) is 5.82 Å². The van der Waals surface area contributed by atoms with Crippen LogP contribution in [0.2, 0.25) is 5.02 Å². The summed E-state index contributed by atoms with van der Waals surface area (Å²) in [4.78, 5) is 6.61. The molecule has 0 amide bonds. The van der Waals surface area contributed by atoms with Crippen LogP contribution < -0.4 is 4.90 Å². The summed E-state index contributed by atoms with van der Waals surface area (Å²) in [5.74, 6) is 0.831. The Balaban J connectivity index is 2.30. The summed E-state index contributed by atoms with van der Waals surface area (Å²) in [5, 5.41) is 9.75. The fraction of sp³-hybridized carbons (Fsp3) is 0.643. The summed E-state index contributed by atoms with van der Waals surface area (Å²) in [5.41, 5.74) is 0.0477. The van der Waals surface area contributed by atoms with Gasteiger partial charge in [0.05, 0.1) is 28.5 Å². The molecule has 1 aromatic heterocycles. The number of halogens is 1. The number of hydrogen-bond donors (Lipinski definition) is 1. The van der Waals surface area contributed by atoms with Crippen molar-refractivity contribution in [3.05, 3.63) is 22.8 Å². The van der Waals surface area contributed by atoms with E-state index in [2.05, 4.69) is 37.6 Å². The van der Waals surface area contributed by atoms with E-state index in [-0.39, 0.29) is 17.8 Å². The van der Waals surface area contributed by atoms with Crippen LogP contribution in [0.15, 0.2) is 12.1 Å². The lowest BCUT2D eigenvalue weighted by Gasteiger charge is -2.47. The molecule has 0 saturated carbocycles. The first-order chi connectivity index (χ1) is 8.72. The molecular formula is C14H21ClN2O2. The number of ether oxygens (including phenoxy) is 1. The van der Waals surface area contributed by atoms with Crippen LogP contribution >= 0.6 is 11.6 Å². The zero-order valence-corrected chi connectivity index (χ0v) is 12.7. The summed E-state index contributed by atoms with van der Waals surface area (Å²) in [6, 6.07) is 3.67. The molecule has 5 heteroatoms. The van der Waals surface area contributed by atoms with Crippen molar-refractivity contribution in [2.24, 2.45) is 0 Å². The van der Waals surface area contributed by atoms with E-state index in [1.54, 1.807) is 6.07 Å². The van der Waals surface area contributed by atoms with Crippen LogP contribution in [0.5, 0.6) is 0 Å². The Hall–Kier alpha value is -0.840. The molecule has 2 heterocycles. The molecule has 4 nitrogen and oxygen atoms in total. The molecule has 1 fully saturated rings. The van der Waals surface area contributed by atoms with Crippen molar-refractivity contribution >= 4 is 17.4 Å². The fourth-order valence-electron chi connectivity index (χ4n) is 2.71. The van der Waals surface area contributed by atoms with Gasteiger partial charge in [0, 0.05) is 13.1 Å². The van der Waals surface area contributed by atoms with Crippen LogP contribution in [-0.2, 0) is 11.3 Å². The SMILES string of the molecule is CC1(C)CN(c2ccc(Cl)c(CO)n2)CC(C)(C)O1. The highest BCUT2D eigenvalue weighted by atomic mass is 35.5. The standard InChI is InChI=1S/C14H21ClN2O2/c1-13(2)8-17(9-14(3,4)19-13)12-6-5-10(15)11(7-18)16-12/h5-6,18H,7-9H2,1-4H3. The third-order valence-electron chi connectivity index (χ3n) is 3.07. The molecule has 106 valence electrons. The van der Waals surface area contributed by atoms with Gasteiger partial charge in [0.25, 0.3) is 0 Å². The average molecular weight is 285 g/mol. The van der Waals surface area contributed by atoms with Gasteiger partial charge in [-0.2, -0.15) is 0 Å². The van der Waals surface area contributed by atoms with Crippen molar-refractivity contribution in [3.63, 3.8) is 0 Å². The summed E-state index contributed by atoms with van der Waals surface area (Å²) in [6.45, 7) is 9.66. The minimum atomic E-state index is -0.234. The topological polar surface area (TPSA) is 45.6 Å². The Kier molecular flexibility index (Phi) is 3.78. The second-order valence-corrected chi connectivity index (χ2v) is 6.64. The largest absolute Gasteiger partial charge is 0.390 e. The van der Waals surface area contributed by atoms with Gasteiger partial charge in [-0.3, -0.25) is 0 Å². The number of aliphatic hydroxyl groups excluding tert-OH is 1. The van der Waals surface area contributed by atoms with E-state index in [0.29, 0.717) is 10.7 Å². The Morgan fingerprint density at radius 2 is 1.84 bits per heavy atom. The third-order valence-corrected chi connectivity index (χ3v) is 3.42. The molecule has 2 rings (SSSR count). The average Bonchev–Trinajstić information content (AvgIpc) is 2.25. The second kappa shape index (κ2) is 4.93. The van der Waals surface area contributed by atoms with Crippen LogP contribution in [0.3, 0.4) is 0 Å². The molecule has 1 N–H and O–H groups in total. The lowest BCUT2D eigenvalue weighted by atomic mass is 9.99. The minimum Gasteiger partial charge on any atom is -0.390 e. The van der Waals surface area contributed by atoms with Gasteiger partial charge in [0.2, 0.25) is 0 Å². The van der Waals surface area contributed by atoms with E-state index in [1.165, 1.54) is 0 Å². The lowest BCUT2D eigenvalue weighted by molar-refractivity contribution is -0.133. The van der Waals surface area contributed by atoms with Crippen molar-refractivity contribution in [2.75, 3.05) is 18.0 Å². The number of aliphatic hydroxyl groups is 1. The molecule has 0 atom stereocenters. The van der Waals surface area contributed by atoms with Gasteiger partial charge in [-0.1, -0.05) is 11.6 Å². The van der Waals surface area contributed by atoms with Crippen molar-refractivity contribution in [2.45, 2.75) is 45.5 Å². The Bertz CT molecular complexity index is 459. The minimum absolute atomic E-state index is 0.149. The summed E-state index contributed by atoms with van der Waals surface area (Å²) in [7, 11) is 0. The first-order valence-corrected chi connectivity index (χ1v) is 6.82. The predicted molar refractivity (Wildman–Crippen MR) is 76.6 cm³/mol. The molecule has 1 saturated heterocycles. The van der Waals surface area contributed by atoms with Crippen molar-refractivity contribution in [1.29, 1.82) is 0 Å². The van der Waals surface area contributed by atoms with E-state index >= 15 is 0 Å². The lowest BCUT2D eigenvalue weighted by Crippen LogP contribution is -2.57. The quantitative estimate of drug-likeness (QED) is 0.907. The maximum absolute atomic E-state index is 9.26. The van der Waals surface area contributed by atoms with Gasteiger partial charge in [0.15, 0.2) is 0 Å². The molecule has 19 heavy (non-hydrogen) atoms. The number of nitrogens with zero attached hydrogens (tertiary/aromatic N) is 2. The zero-order chi connectivity index (χ0) is 14.3. The highest BCUT2D eigenvalue weighted by Crippen LogP contribution is 2.31. The smallest absolute Gasteiger partial charge is 0.129 e. The molecule has 1 aromatic rings. The molecular weight excluding hydrogens is 264 g/mol. The van der Waals surface area contributed by atoms with Crippen molar-refractivity contribution in [3.8, 4) is 0 Å². The van der Waals surface area contributed by atoms with Crippen LogP contribution in [0, 0.1) is 0 Å². The monoisotopic (exact) mass is 284 g/mol.